The maximum Gasteiger partial charge on any atom is 0.420 e. The van der Waals surface area contributed by atoms with E-state index >= 15 is 0 Å². The molecule has 6 nitrogen and oxygen atoms in total. The van der Waals surface area contributed by atoms with Gasteiger partial charge in [0.25, 0.3) is 5.91 Å². The third-order valence-corrected chi connectivity index (χ3v) is 5.24. The van der Waals surface area contributed by atoms with E-state index in [9.17, 15) is 9.59 Å². The lowest BCUT2D eigenvalue weighted by molar-refractivity contribution is 0.0693. The Labute approximate surface area is 155 Å². The van der Waals surface area contributed by atoms with Crippen molar-refractivity contribution in [1.29, 1.82) is 0 Å². The number of oxazole rings is 1. The Kier molecular flexibility index (Phi) is 4.28. The zero-order chi connectivity index (χ0) is 18.3. The number of hydrogen-bond acceptors (Lipinski definition) is 4. The second-order valence-corrected chi connectivity index (χ2v) is 6.88. The van der Waals surface area contributed by atoms with Crippen molar-refractivity contribution in [3.05, 3.63) is 63.4 Å². The monoisotopic (exact) mass is 371 g/mol. The third-order valence-electron chi connectivity index (χ3n) is 4.94. The highest BCUT2D eigenvalue weighted by Gasteiger charge is 2.28. The van der Waals surface area contributed by atoms with Gasteiger partial charge in [0.2, 0.25) is 0 Å². The minimum Gasteiger partial charge on any atom is -0.408 e. The number of nitrogens with zero attached hydrogens (tertiary/aromatic N) is 3. The van der Waals surface area contributed by atoms with Crippen LogP contribution in [0.15, 0.2) is 45.7 Å². The molecular weight excluding hydrogens is 354 g/mol. The van der Waals surface area contributed by atoms with Crippen molar-refractivity contribution in [3.8, 4) is 0 Å². The number of para-hydroxylation sites is 1. The molecule has 1 amide bonds. The summed E-state index contributed by atoms with van der Waals surface area (Å²) in [7, 11) is 0. The van der Waals surface area contributed by atoms with Crippen LogP contribution in [-0.4, -0.2) is 33.4 Å². The van der Waals surface area contributed by atoms with E-state index in [0.717, 1.165) is 11.1 Å². The molecule has 0 aliphatic carbocycles. The van der Waals surface area contributed by atoms with Crippen LogP contribution in [0.1, 0.15) is 34.8 Å². The molecule has 0 saturated carbocycles. The van der Waals surface area contributed by atoms with Gasteiger partial charge in [0.15, 0.2) is 5.58 Å². The normalized spacial score (nSPS) is 15.5. The molecule has 0 radical (unpaired) electrons. The number of benzene rings is 1. The predicted molar refractivity (Wildman–Crippen MR) is 98.6 cm³/mol. The quantitative estimate of drug-likeness (QED) is 0.647. The number of rotatable bonds is 2. The molecule has 4 rings (SSSR count). The molecule has 0 atom stereocenters. The summed E-state index contributed by atoms with van der Waals surface area (Å²) in [5.74, 6) is -0.462. The average Bonchev–Trinajstić information content (AvgIpc) is 2.99. The fourth-order valence-electron chi connectivity index (χ4n) is 3.63. The van der Waals surface area contributed by atoms with Gasteiger partial charge in [-0.05, 0) is 43.5 Å². The first kappa shape index (κ1) is 16.8. The number of piperidine rings is 1. The summed E-state index contributed by atoms with van der Waals surface area (Å²) < 4.78 is 7.13. The van der Waals surface area contributed by atoms with Gasteiger partial charge >= 0.3 is 5.76 Å². The van der Waals surface area contributed by atoms with Gasteiger partial charge in [0, 0.05) is 25.3 Å². The van der Waals surface area contributed by atoms with Crippen molar-refractivity contribution < 1.29 is 9.21 Å². The van der Waals surface area contributed by atoms with Crippen molar-refractivity contribution >= 4 is 28.6 Å². The molecule has 1 aliphatic rings. The highest BCUT2D eigenvalue weighted by Crippen LogP contribution is 2.28. The number of aryl methyl sites for hydroxylation is 1. The maximum absolute atomic E-state index is 12.7. The zero-order valence-electron chi connectivity index (χ0n) is 14.3. The largest absolute Gasteiger partial charge is 0.420 e. The SMILES string of the molecule is Cc1cccc2oc(=O)n(C3CCN(C(=O)c4cccnc4Cl)CC3)c12. The third kappa shape index (κ3) is 2.80. The number of fused-ring (bicyclic) bond motifs is 1. The molecule has 0 unspecified atom stereocenters. The zero-order valence-corrected chi connectivity index (χ0v) is 15.1. The van der Waals surface area contributed by atoms with Crippen molar-refractivity contribution in [2.24, 2.45) is 0 Å². The van der Waals surface area contributed by atoms with Gasteiger partial charge in [-0.25, -0.2) is 9.78 Å². The molecule has 0 spiro atoms. The lowest BCUT2D eigenvalue weighted by Crippen LogP contribution is -2.40. The molecule has 1 fully saturated rings. The van der Waals surface area contributed by atoms with Gasteiger partial charge in [-0.1, -0.05) is 23.7 Å². The number of likely N-dealkylation sites (tertiary alicyclic amines) is 1. The van der Waals surface area contributed by atoms with Crippen LogP contribution < -0.4 is 5.76 Å². The molecule has 0 N–H and O–H groups in total. The van der Waals surface area contributed by atoms with E-state index in [4.69, 9.17) is 16.0 Å². The summed E-state index contributed by atoms with van der Waals surface area (Å²) in [6, 6.07) is 9.05. The number of halogens is 1. The molecule has 0 bridgehead atoms. The van der Waals surface area contributed by atoms with Gasteiger partial charge < -0.3 is 9.32 Å². The Morgan fingerprint density at radius 2 is 2.00 bits per heavy atom. The summed E-state index contributed by atoms with van der Waals surface area (Å²) in [6.07, 6.45) is 2.93. The molecule has 2 aromatic heterocycles. The summed E-state index contributed by atoms with van der Waals surface area (Å²) in [4.78, 5) is 30.8. The molecule has 1 saturated heterocycles. The van der Waals surface area contributed by atoms with Crippen LogP contribution in [0.3, 0.4) is 0 Å². The molecule has 1 aromatic carbocycles. The van der Waals surface area contributed by atoms with E-state index in [1.54, 1.807) is 27.8 Å². The number of pyridine rings is 1. The topological polar surface area (TPSA) is 68.3 Å². The van der Waals surface area contributed by atoms with Crippen LogP contribution >= 0.6 is 11.6 Å². The Balaban J connectivity index is 1.56. The van der Waals surface area contributed by atoms with Crippen LogP contribution in [0.2, 0.25) is 5.15 Å². The molecule has 134 valence electrons. The van der Waals surface area contributed by atoms with E-state index in [2.05, 4.69) is 4.98 Å². The second kappa shape index (κ2) is 6.61. The van der Waals surface area contributed by atoms with Crippen molar-refractivity contribution in [1.82, 2.24) is 14.5 Å². The summed E-state index contributed by atoms with van der Waals surface area (Å²) >= 11 is 6.04. The van der Waals surface area contributed by atoms with E-state index in [1.165, 1.54) is 0 Å². The van der Waals surface area contributed by atoms with Crippen LogP contribution in [0.25, 0.3) is 11.1 Å². The Hall–Kier alpha value is -2.60. The lowest BCUT2D eigenvalue weighted by Gasteiger charge is -2.32. The molecule has 3 aromatic rings. The highest BCUT2D eigenvalue weighted by atomic mass is 35.5. The first-order valence-corrected chi connectivity index (χ1v) is 8.94. The maximum atomic E-state index is 12.7. The Morgan fingerprint density at radius 3 is 2.73 bits per heavy atom. The molecule has 3 heterocycles. The lowest BCUT2D eigenvalue weighted by atomic mass is 10.0. The van der Waals surface area contributed by atoms with E-state index in [-0.39, 0.29) is 22.9 Å². The summed E-state index contributed by atoms with van der Waals surface area (Å²) in [6.45, 7) is 3.08. The fraction of sp³-hybridized carbons (Fsp3) is 0.316. The second-order valence-electron chi connectivity index (χ2n) is 6.52. The van der Waals surface area contributed by atoms with Crippen LogP contribution in [0, 0.1) is 6.92 Å². The van der Waals surface area contributed by atoms with Crippen molar-refractivity contribution in [3.63, 3.8) is 0 Å². The molecular formula is C19H18ClN3O3. The van der Waals surface area contributed by atoms with Gasteiger partial charge in [0.05, 0.1) is 11.1 Å². The fourth-order valence-corrected chi connectivity index (χ4v) is 3.83. The summed E-state index contributed by atoms with van der Waals surface area (Å²) in [5, 5.41) is 0.215. The van der Waals surface area contributed by atoms with E-state index in [1.807, 2.05) is 25.1 Å². The molecule has 7 heteroatoms. The van der Waals surface area contributed by atoms with Crippen molar-refractivity contribution in [2.45, 2.75) is 25.8 Å². The average molecular weight is 372 g/mol. The van der Waals surface area contributed by atoms with Gasteiger partial charge in [-0.3, -0.25) is 9.36 Å². The van der Waals surface area contributed by atoms with Crippen LogP contribution in [-0.2, 0) is 0 Å². The number of aromatic nitrogens is 2. The first-order chi connectivity index (χ1) is 12.6. The minimum absolute atomic E-state index is 0.0123. The van der Waals surface area contributed by atoms with Gasteiger partial charge in [0.1, 0.15) is 5.15 Å². The first-order valence-electron chi connectivity index (χ1n) is 8.56. The standard InChI is InChI=1S/C19H18ClN3O3/c1-12-4-2-6-15-16(12)23(19(25)26-15)13-7-10-22(11-8-13)18(24)14-5-3-9-21-17(14)20/h2-6,9,13H,7-8,10-11H2,1H3. The number of amides is 1. The number of carbonyl (C=O) groups excluding carboxylic acids is 1. The smallest absolute Gasteiger partial charge is 0.408 e. The molecule has 1 aliphatic heterocycles. The molecule has 26 heavy (non-hydrogen) atoms. The van der Waals surface area contributed by atoms with Gasteiger partial charge in [-0.15, -0.1) is 0 Å². The Bertz CT molecular complexity index is 1030. The summed E-state index contributed by atoms with van der Waals surface area (Å²) in [5.41, 5.74) is 2.87. The van der Waals surface area contributed by atoms with Crippen molar-refractivity contribution in [2.75, 3.05) is 13.1 Å². The number of carbonyl (C=O) groups is 1. The predicted octanol–water partition coefficient (Wildman–Crippen LogP) is 3.43. The van der Waals surface area contributed by atoms with Crippen LogP contribution in [0.4, 0.5) is 0 Å². The van der Waals surface area contributed by atoms with E-state index < -0.39 is 0 Å². The van der Waals surface area contributed by atoms with E-state index in [0.29, 0.717) is 37.1 Å². The van der Waals surface area contributed by atoms with Gasteiger partial charge in [-0.2, -0.15) is 0 Å². The van der Waals surface area contributed by atoms with Crippen LogP contribution in [0.5, 0.6) is 0 Å². The minimum atomic E-state index is -0.339. The Morgan fingerprint density at radius 1 is 1.23 bits per heavy atom. The number of hydrogen-bond donors (Lipinski definition) is 0. The highest BCUT2D eigenvalue weighted by molar-refractivity contribution is 6.32.